The van der Waals surface area contributed by atoms with E-state index in [1.54, 1.807) is 12.4 Å². The largest absolute Gasteiger partial charge is 0.159 e. The zero-order valence-electron chi connectivity index (χ0n) is 12.5. The molecule has 0 amide bonds. The third-order valence-electron chi connectivity index (χ3n) is 3.04. The molecule has 0 unspecified atom stereocenters. The fourth-order valence-electron chi connectivity index (χ4n) is 1.91. The van der Waals surface area contributed by atoms with Crippen LogP contribution >= 0.6 is 0 Å². The van der Waals surface area contributed by atoms with Gasteiger partial charge in [0.25, 0.3) is 0 Å². The maximum Gasteiger partial charge on any atom is 0.0492 e. The second-order valence-electron chi connectivity index (χ2n) is 4.76. The van der Waals surface area contributed by atoms with Crippen LogP contribution in [0.5, 0.6) is 0 Å². The first kappa shape index (κ1) is 15.6. The summed E-state index contributed by atoms with van der Waals surface area (Å²) in [5.41, 5.74) is 2.58. The summed E-state index contributed by atoms with van der Waals surface area (Å²) in [4.78, 5) is 0. The molecule has 0 saturated carbocycles. The highest BCUT2D eigenvalue weighted by Crippen LogP contribution is 2.00. The Labute approximate surface area is 132 Å². The maximum absolute atomic E-state index is 3.95. The summed E-state index contributed by atoms with van der Waals surface area (Å²) in [6.07, 6.45) is 13.2. The molecule has 0 fully saturated rings. The van der Waals surface area contributed by atoms with Gasteiger partial charge in [-0.1, -0.05) is 72.8 Å². The van der Waals surface area contributed by atoms with Crippen LogP contribution in [0, 0.1) is 0 Å². The Morgan fingerprint density at radius 3 is 1.41 bits per heavy atom. The Bertz CT molecular complexity index is 578. The smallest absolute Gasteiger partial charge is 0.0492 e. The van der Waals surface area contributed by atoms with Crippen molar-refractivity contribution in [3.8, 4) is 0 Å². The fraction of sp³-hybridized carbons (Fsp3) is 0.100. The van der Waals surface area contributed by atoms with Gasteiger partial charge in [0, 0.05) is 12.4 Å². The molecule has 2 rings (SSSR count). The number of rotatable bonds is 7. The van der Waals surface area contributed by atoms with Crippen LogP contribution in [0.1, 0.15) is 11.1 Å². The van der Waals surface area contributed by atoms with Crippen molar-refractivity contribution < 1.29 is 0 Å². The van der Waals surface area contributed by atoms with Gasteiger partial charge in [0.05, 0.1) is 0 Å². The molecule has 0 aliphatic carbocycles. The molecular formula is C20H20N2. The zero-order chi connectivity index (χ0) is 15.3. The van der Waals surface area contributed by atoms with Crippen LogP contribution in [0.15, 0.2) is 95.2 Å². The van der Waals surface area contributed by atoms with Gasteiger partial charge >= 0.3 is 0 Å². The lowest BCUT2D eigenvalue weighted by Gasteiger charge is -1.92. The molecule has 2 heteroatoms. The van der Waals surface area contributed by atoms with E-state index >= 15 is 0 Å². The first-order valence-corrected chi connectivity index (χ1v) is 7.39. The number of benzene rings is 2. The zero-order valence-corrected chi connectivity index (χ0v) is 12.5. The molecule has 0 heterocycles. The summed E-state index contributed by atoms with van der Waals surface area (Å²) in [5, 5.41) is 7.91. The topological polar surface area (TPSA) is 24.7 Å². The Balaban J connectivity index is 1.64. The minimum Gasteiger partial charge on any atom is -0.159 e. The summed E-state index contributed by atoms with van der Waals surface area (Å²) in [5.74, 6) is 0. The quantitative estimate of drug-likeness (QED) is 0.524. The molecule has 2 aromatic carbocycles. The van der Waals surface area contributed by atoms with Crippen molar-refractivity contribution in [2.45, 2.75) is 12.8 Å². The molecule has 2 aromatic rings. The second kappa shape index (κ2) is 10.1. The Morgan fingerprint density at radius 2 is 1.00 bits per heavy atom. The predicted octanol–water partition coefficient (Wildman–Crippen LogP) is 4.64. The minimum absolute atomic E-state index is 0.910. The Morgan fingerprint density at radius 1 is 0.591 bits per heavy atom. The van der Waals surface area contributed by atoms with Crippen LogP contribution in [0.25, 0.3) is 0 Å². The van der Waals surface area contributed by atoms with Gasteiger partial charge in [0.15, 0.2) is 0 Å². The molecule has 0 aliphatic heterocycles. The average Bonchev–Trinajstić information content (AvgIpc) is 2.58. The molecule has 0 aromatic heterocycles. The van der Waals surface area contributed by atoms with Crippen LogP contribution in [-0.4, -0.2) is 12.4 Å². The van der Waals surface area contributed by atoms with E-state index < -0.39 is 0 Å². The average molecular weight is 288 g/mol. The number of hydrogen-bond donors (Lipinski definition) is 0. The van der Waals surface area contributed by atoms with E-state index in [0.29, 0.717) is 0 Å². The molecule has 0 saturated heterocycles. The van der Waals surface area contributed by atoms with Crippen molar-refractivity contribution in [3.63, 3.8) is 0 Å². The van der Waals surface area contributed by atoms with E-state index in [2.05, 4.69) is 46.6 Å². The van der Waals surface area contributed by atoms with Crippen LogP contribution in [0.2, 0.25) is 0 Å². The first-order chi connectivity index (χ1) is 10.9. The van der Waals surface area contributed by atoms with E-state index in [1.165, 1.54) is 11.1 Å². The van der Waals surface area contributed by atoms with E-state index in [0.717, 1.165) is 12.8 Å². The van der Waals surface area contributed by atoms with Gasteiger partial charge in [-0.2, -0.15) is 10.2 Å². The van der Waals surface area contributed by atoms with Gasteiger partial charge in [0.2, 0.25) is 0 Å². The highest BCUT2D eigenvalue weighted by molar-refractivity contribution is 5.74. The summed E-state index contributed by atoms with van der Waals surface area (Å²) in [6.45, 7) is 0. The first-order valence-electron chi connectivity index (χ1n) is 7.39. The van der Waals surface area contributed by atoms with Gasteiger partial charge in [-0.25, -0.2) is 0 Å². The third-order valence-corrected chi connectivity index (χ3v) is 3.04. The number of allylic oxidation sites excluding steroid dienone is 4. The van der Waals surface area contributed by atoms with Crippen molar-refractivity contribution in [1.29, 1.82) is 0 Å². The summed E-state index contributed by atoms with van der Waals surface area (Å²) in [6, 6.07) is 20.7. The molecule has 0 radical (unpaired) electrons. The third kappa shape index (κ3) is 6.62. The highest BCUT2D eigenvalue weighted by atomic mass is 15.2. The lowest BCUT2D eigenvalue weighted by Crippen LogP contribution is -1.78. The minimum atomic E-state index is 0.910. The second-order valence-corrected chi connectivity index (χ2v) is 4.76. The van der Waals surface area contributed by atoms with Crippen LogP contribution in [0.3, 0.4) is 0 Å². The van der Waals surface area contributed by atoms with Gasteiger partial charge in [-0.3, -0.25) is 0 Å². The van der Waals surface area contributed by atoms with Gasteiger partial charge < -0.3 is 0 Å². The fourth-order valence-corrected chi connectivity index (χ4v) is 1.91. The molecule has 110 valence electrons. The van der Waals surface area contributed by atoms with Gasteiger partial charge in [0.1, 0.15) is 0 Å². The predicted molar refractivity (Wildman–Crippen MR) is 95.6 cm³/mol. The van der Waals surface area contributed by atoms with E-state index in [4.69, 9.17) is 0 Å². The summed E-state index contributed by atoms with van der Waals surface area (Å²) >= 11 is 0. The molecule has 0 aliphatic rings. The number of nitrogens with zero attached hydrogens (tertiary/aromatic N) is 2. The summed E-state index contributed by atoms with van der Waals surface area (Å²) in [7, 11) is 0. The molecule has 2 nitrogen and oxygen atoms in total. The highest BCUT2D eigenvalue weighted by Gasteiger charge is 1.85. The van der Waals surface area contributed by atoms with Crippen molar-refractivity contribution >= 4 is 12.4 Å². The van der Waals surface area contributed by atoms with Crippen molar-refractivity contribution in [2.75, 3.05) is 0 Å². The maximum atomic E-state index is 3.95. The molecular weight excluding hydrogens is 268 g/mol. The van der Waals surface area contributed by atoms with Gasteiger partial charge in [-0.05, 0) is 36.1 Å². The van der Waals surface area contributed by atoms with Crippen LogP contribution in [0.4, 0.5) is 0 Å². The molecule has 0 spiro atoms. The lowest BCUT2D eigenvalue weighted by atomic mass is 10.1. The van der Waals surface area contributed by atoms with E-state index in [1.807, 2.05) is 48.6 Å². The molecule has 0 N–H and O–H groups in total. The van der Waals surface area contributed by atoms with E-state index in [9.17, 15) is 0 Å². The normalized spacial score (nSPS) is 12.2. The SMILES string of the molecule is C(=C/Cc1ccccc1)/C=N\N=C\C=C/Cc1ccccc1. The monoisotopic (exact) mass is 288 g/mol. The van der Waals surface area contributed by atoms with Crippen molar-refractivity contribution in [3.05, 3.63) is 96.1 Å². The van der Waals surface area contributed by atoms with E-state index in [-0.39, 0.29) is 0 Å². The molecule has 0 bridgehead atoms. The van der Waals surface area contributed by atoms with Crippen LogP contribution in [-0.2, 0) is 12.8 Å². The standard InChI is InChI=1S/C20H20N2/c1-3-11-19(12-4-1)15-7-9-17-21-22-18-10-8-16-20-13-5-2-6-14-20/h1-14,17-18H,15-16H2/b9-7-,10-8-,21-17-,22-18+. The van der Waals surface area contributed by atoms with Crippen LogP contribution < -0.4 is 0 Å². The Kier molecular flexibility index (Phi) is 7.15. The summed E-state index contributed by atoms with van der Waals surface area (Å²) < 4.78 is 0. The van der Waals surface area contributed by atoms with Crippen molar-refractivity contribution in [2.24, 2.45) is 10.2 Å². The molecule has 22 heavy (non-hydrogen) atoms. The number of hydrogen-bond acceptors (Lipinski definition) is 2. The molecule has 0 atom stereocenters. The lowest BCUT2D eigenvalue weighted by molar-refractivity contribution is 1.25. The van der Waals surface area contributed by atoms with Crippen molar-refractivity contribution in [1.82, 2.24) is 0 Å². The van der Waals surface area contributed by atoms with Gasteiger partial charge in [-0.15, -0.1) is 0 Å². The Hall–Kier alpha value is -2.74.